The molecule has 0 saturated carbocycles. The fraction of sp³-hybridized carbons (Fsp3) is 0.154. The highest BCUT2D eigenvalue weighted by Gasteiger charge is 2.22. The Morgan fingerprint density at radius 2 is 1.65 bits per heavy atom. The van der Waals surface area contributed by atoms with Gasteiger partial charge in [0.25, 0.3) is 11.8 Å². The first-order chi connectivity index (χ1) is 11.1. The molecule has 3 aromatic rings. The van der Waals surface area contributed by atoms with Crippen molar-refractivity contribution in [3.8, 4) is 0 Å². The summed E-state index contributed by atoms with van der Waals surface area (Å²) in [5.41, 5.74) is 5.23. The monoisotopic (exact) mass is 314 g/mol. The van der Waals surface area contributed by atoms with Gasteiger partial charge in [-0.2, -0.15) is 0 Å². The van der Waals surface area contributed by atoms with Gasteiger partial charge in [0, 0.05) is 24.8 Å². The van der Waals surface area contributed by atoms with Crippen molar-refractivity contribution in [2.45, 2.75) is 13.1 Å². The highest BCUT2D eigenvalue weighted by molar-refractivity contribution is 5.94. The van der Waals surface area contributed by atoms with Gasteiger partial charge in [-0.05, 0) is 0 Å². The highest BCUT2D eigenvalue weighted by atomic mass is 16.2. The first-order valence-corrected chi connectivity index (χ1v) is 6.74. The van der Waals surface area contributed by atoms with Crippen LogP contribution in [0.5, 0.6) is 0 Å². The van der Waals surface area contributed by atoms with Crippen LogP contribution < -0.4 is 5.73 Å². The maximum absolute atomic E-state index is 12.6. The van der Waals surface area contributed by atoms with E-state index in [1.165, 1.54) is 11.1 Å². The van der Waals surface area contributed by atoms with Gasteiger partial charge in [-0.1, -0.05) is 0 Å². The minimum atomic E-state index is -0.680. The number of nitrogens with zero attached hydrogens (tertiary/aromatic N) is 4. The van der Waals surface area contributed by atoms with E-state index in [1.807, 2.05) is 0 Å². The van der Waals surface area contributed by atoms with E-state index < -0.39 is 11.8 Å². The summed E-state index contributed by atoms with van der Waals surface area (Å²) >= 11 is 0. The average molecular weight is 314 g/mol. The fourth-order valence-electron chi connectivity index (χ4n) is 2.03. The third-order valence-electron chi connectivity index (χ3n) is 3.12. The number of carbonyl (C=O) groups excluding carboxylic acids is 2. The topological polar surface area (TPSA) is 149 Å². The lowest BCUT2D eigenvalue weighted by atomic mass is 10.4. The van der Waals surface area contributed by atoms with Crippen LogP contribution in [0.1, 0.15) is 32.8 Å². The molecule has 0 unspecified atom stereocenters. The molecule has 2 amide bonds. The number of nitrogens with one attached hydrogen (secondary N) is 3. The fourth-order valence-corrected chi connectivity index (χ4v) is 2.03. The number of imidazole rings is 3. The summed E-state index contributed by atoms with van der Waals surface area (Å²) in [5, 5.41) is 0. The molecule has 10 heteroatoms. The van der Waals surface area contributed by atoms with Crippen LogP contribution in [0.15, 0.2) is 31.0 Å². The van der Waals surface area contributed by atoms with Crippen molar-refractivity contribution in [3.05, 3.63) is 54.2 Å². The summed E-state index contributed by atoms with van der Waals surface area (Å²) in [6, 6.07) is 0. The van der Waals surface area contributed by atoms with Crippen molar-refractivity contribution in [3.63, 3.8) is 0 Å². The van der Waals surface area contributed by atoms with E-state index in [0.717, 1.165) is 0 Å². The summed E-state index contributed by atoms with van der Waals surface area (Å²) in [6.45, 7) is 0.471. The largest absolute Gasteiger partial charge is 0.364 e. The number of nitrogens with two attached hydrogens (primary N) is 1. The molecule has 0 saturated heterocycles. The minimum absolute atomic E-state index is 0.0249. The van der Waals surface area contributed by atoms with Crippen molar-refractivity contribution < 1.29 is 9.59 Å². The number of carbonyl (C=O) groups is 2. The Morgan fingerprint density at radius 1 is 1.04 bits per heavy atom. The molecule has 0 spiro atoms. The van der Waals surface area contributed by atoms with Crippen LogP contribution in [-0.4, -0.2) is 46.6 Å². The van der Waals surface area contributed by atoms with Gasteiger partial charge in [-0.15, -0.1) is 0 Å². The van der Waals surface area contributed by atoms with Crippen molar-refractivity contribution in [1.29, 1.82) is 0 Å². The molecular formula is C13H14N8O2. The average Bonchev–Trinajstić information content (AvgIpc) is 3.28. The van der Waals surface area contributed by atoms with Crippen molar-refractivity contribution in [2.24, 2.45) is 5.73 Å². The van der Waals surface area contributed by atoms with E-state index in [9.17, 15) is 9.59 Å². The lowest BCUT2D eigenvalue weighted by Crippen LogP contribution is -2.32. The molecule has 0 aliphatic carbocycles. The van der Waals surface area contributed by atoms with Crippen LogP contribution in [0.3, 0.4) is 0 Å². The molecule has 0 aliphatic rings. The SMILES string of the molecule is NC(=O)c1cnc(C(=O)N(Cc2ncc[nH]2)Cc2ncc[nH]2)[nH]1. The molecule has 23 heavy (non-hydrogen) atoms. The summed E-state index contributed by atoms with van der Waals surface area (Å²) in [6.07, 6.45) is 7.77. The smallest absolute Gasteiger partial charge is 0.290 e. The van der Waals surface area contributed by atoms with Gasteiger partial charge >= 0.3 is 0 Å². The van der Waals surface area contributed by atoms with E-state index >= 15 is 0 Å². The van der Waals surface area contributed by atoms with Crippen LogP contribution in [0.4, 0.5) is 0 Å². The summed E-state index contributed by atoms with van der Waals surface area (Å²) in [7, 11) is 0. The molecule has 0 atom stereocenters. The number of hydrogen-bond acceptors (Lipinski definition) is 5. The highest BCUT2D eigenvalue weighted by Crippen LogP contribution is 2.09. The van der Waals surface area contributed by atoms with Crippen LogP contribution in [0, 0.1) is 0 Å². The normalized spacial score (nSPS) is 10.6. The van der Waals surface area contributed by atoms with Gasteiger partial charge in [-0.25, -0.2) is 15.0 Å². The van der Waals surface area contributed by atoms with E-state index in [1.54, 1.807) is 24.8 Å². The lowest BCUT2D eigenvalue weighted by Gasteiger charge is -2.19. The second-order valence-corrected chi connectivity index (χ2v) is 4.74. The second-order valence-electron chi connectivity index (χ2n) is 4.74. The van der Waals surface area contributed by atoms with Crippen molar-refractivity contribution >= 4 is 11.8 Å². The Balaban J connectivity index is 1.83. The van der Waals surface area contributed by atoms with Gasteiger partial charge in [-0.3, -0.25) is 9.59 Å². The molecule has 3 aromatic heterocycles. The maximum atomic E-state index is 12.6. The quantitative estimate of drug-likeness (QED) is 0.497. The number of aromatic nitrogens is 6. The predicted octanol–water partition coefficient (Wildman–Crippen LogP) is -0.203. The van der Waals surface area contributed by atoms with Crippen molar-refractivity contribution in [1.82, 2.24) is 34.8 Å². The Kier molecular flexibility index (Phi) is 3.87. The maximum Gasteiger partial charge on any atom is 0.290 e. The zero-order valence-electron chi connectivity index (χ0n) is 12.0. The van der Waals surface area contributed by atoms with E-state index in [-0.39, 0.29) is 24.6 Å². The third kappa shape index (κ3) is 3.26. The Labute approximate surface area is 130 Å². The number of hydrogen-bond donors (Lipinski definition) is 4. The zero-order chi connectivity index (χ0) is 16.2. The molecule has 10 nitrogen and oxygen atoms in total. The second kappa shape index (κ2) is 6.13. The molecule has 3 heterocycles. The van der Waals surface area contributed by atoms with Gasteiger partial charge in [0.15, 0.2) is 5.82 Å². The van der Waals surface area contributed by atoms with E-state index in [0.29, 0.717) is 11.6 Å². The Hall–Kier alpha value is -3.43. The van der Waals surface area contributed by atoms with E-state index in [2.05, 4.69) is 29.9 Å². The van der Waals surface area contributed by atoms with Crippen LogP contribution in [0.2, 0.25) is 0 Å². The molecule has 5 N–H and O–H groups in total. The lowest BCUT2D eigenvalue weighted by molar-refractivity contribution is 0.0710. The van der Waals surface area contributed by atoms with Gasteiger partial charge in [0.2, 0.25) is 0 Å². The van der Waals surface area contributed by atoms with Gasteiger partial charge in [0.05, 0.1) is 19.3 Å². The predicted molar refractivity (Wildman–Crippen MR) is 77.9 cm³/mol. The molecule has 0 aliphatic heterocycles. The Morgan fingerprint density at radius 3 is 2.09 bits per heavy atom. The number of primary amides is 1. The van der Waals surface area contributed by atoms with Crippen LogP contribution in [-0.2, 0) is 13.1 Å². The van der Waals surface area contributed by atoms with E-state index in [4.69, 9.17) is 5.73 Å². The summed E-state index contributed by atoms with van der Waals surface area (Å²) < 4.78 is 0. The standard InChI is InChI=1S/C13H14N8O2/c14-11(22)8-5-19-12(20-8)13(23)21(6-9-15-1-2-16-9)7-10-17-3-4-18-10/h1-5H,6-7H2,(H2,14,22)(H,15,16)(H,17,18)(H,19,20). The number of H-pyrrole nitrogens is 3. The minimum Gasteiger partial charge on any atom is -0.364 e. The number of aromatic amines is 3. The van der Waals surface area contributed by atoms with Crippen molar-refractivity contribution in [2.75, 3.05) is 0 Å². The molecule has 0 aromatic carbocycles. The van der Waals surface area contributed by atoms with Gasteiger partial charge in [0.1, 0.15) is 17.3 Å². The molecule has 0 radical (unpaired) electrons. The van der Waals surface area contributed by atoms with Crippen LogP contribution in [0.25, 0.3) is 0 Å². The zero-order valence-corrected chi connectivity index (χ0v) is 12.0. The molecule has 0 fully saturated rings. The summed E-state index contributed by atoms with van der Waals surface area (Å²) in [4.78, 5) is 45.8. The summed E-state index contributed by atoms with van der Waals surface area (Å²) in [5.74, 6) is 0.181. The van der Waals surface area contributed by atoms with Crippen LogP contribution >= 0.6 is 0 Å². The molecular weight excluding hydrogens is 300 g/mol. The Bertz CT molecular complexity index is 754. The third-order valence-corrected chi connectivity index (χ3v) is 3.12. The first-order valence-electron chi connectivity index (χ1n) is 6.74. The molecule has 3 rings (SSSR count). The molecule has 118 valence electrons. The first kappa shape index (κ1) is 14.5. The molecule has 0 bridgehead atoms. The number of rotatable bonds is 6. The van der Waals surface area contributed by atoms with Gasteiger partial charge < -0.3 is 25.6 Å². The number of amides is 2.